The lowest BCUT2D eigenvalue weighted by molar-refractivity contribution is 0.0698. The van der Waals surface area contributed by atoms with E-state index in [4.69, 9.17) is 28.3 Å². The number of unbranched alkanes of at least 4 members (excludes halogenated alkanes) is 1. The number of hydrogen-bond donors (Lipinski definition) is 3. The Morgan fingerprint density at radius 3 is 2.58 bits per heavy atom. The quantitative estimate of drug-likeness (QED) is 0.727. The first kappa shape index (κ1) is 15.6. The van der Waals surface area contributed by atoms with Gasteiger partial charge in [0.1, 0.15) is 0 Å². The molecule has 1 aromatic carbocycles. The second kappa shape index (κ2) is 7.21. The lowest BCUT2D eigenvalue weighted by atomic mass is 10.2. The van der Waals surface area contributed by atoms with Gasteiger partial charge in [-0.3, -0.25) is 0 Å². The van der Waals surface area contributed by atoms with E-state index in [1.165, 1.54) is 12.1 Å². The highest BCUT2D eigenvalue weighted by molar-refractivity contribution is 6.37. The summed E-state index contributed by atoms with van der Waals surface area (Å²) in [5, 5.41) is 14.4. The second-order valence-corrected chi connectivity index (χ2v) is 4.69. The van der Waals surface area contributed by atoms with Crippen molar-refractivity contribution in [1.29, 1.82) is 0 Å². The molecule has 3 N–H and O–H groups in total. The van der Waals surface area contributed by atoms with Crippen molar-refractivity contribution < 1.29 is 14.7 Å². The number of anilines is 1. The molecule has 0 fully saturated rings. The number of carboxylic acid groups (broad SMARTS) is 1. The molecule has 5 nitrogen and oxygen atoms in total. The number of carbonyl (C=O) groups is 2. The van der Waals surface area contributed by atoms with Gasteiger partial charge in [0.2, 0.25) is 0 Å². The van der Waals surface area contributed by atoms with E-state index in [-0.39, 0.29) is 21.3 Å². The van der Waals surface area contributed by atoms with Crippen LogP contribution >= 0.6 is 23.2 Å². The molecule has 0 aromatic heterocycles. The molecule has 7 heteroatoms. The molecule has 0 unspecified atom stereocenters. The third kappa shape index (κ3) is 4.61. The fraction of sp³-hybridized carbons (Fsp3) is 0.333. The van der Waals surface area contributed by atoms with Crippen molar-refractivity contribution in [2.75, 3.05) is 11.9 Å². The second-order valence-electron chi connectivity index (χ2n) is 3.85. The number of rotatable bonds is 5. The van der Waals surface area contributed by atoms with Crippen LogP contribution in [-0.4, -0.2) is 23.7 Å². The summed E-state index contributed by atoms with van der Waals surface area (Å²) in [6.45, 7) is 2.51. The maximum atomic E-state index is 11.6. The topological polar surface area (TPSA) is 78.4 Å². The zero-order valence-electron chi connectivity index (χ0n) is 10.3. The summed E-state index contributed by atoms with van der Waals surface area (Å²) in [4.78, 5) is 22.7. The first-order chi connectivity index (χ1) is 8.95. The zero-order chi connectivity index (χ0) is 14.4. The van der Waals surface area contributed by atoms with Crippen molar-refractivity contribution in [1.82, 2.24) is 5.32 Å². The first-order valence-corrected chi connectivity index (χ1v) is 6.48. The lowest BCUT2D eigenvalue weighted by Gasteiger charge is -2.12. The largest absolute Gasteiger partial charge is 0.478 e. The number of aromatic carboxylic acids is 1. The van der Waals surface area contributed by atoms with Gasteiger partial charge in [-0.15, -0.1) is 0 Å². The minimum atomic E-state index is -1.21. The van der Waals surface area contributed by atoms with Crippen LogP contribution in [-0.2, 0) is 0 Å². The van der Waals surface area contributed by atoms with Gasteiger partial charge in [-0.25, -0.2) is 9.59 Å². The molecule has 1 aromatic rings. The number of benzene rings is 1. The number of nitrogens with one attached hydrogen (secondary N) is 2. The Labute approximate surface area is 120 Å². The Balaban J connectivity index is 2.88. The van der Waals surface area contributed by atoms with Gasteiger partial charge in [-0.05, 0) is 18.6 Å². The van der Waals surface area contributed by atoms with Crippen molar-refractivity contribution in [3.63, 3.8) is 0 Å². The van der Waals surface area contributed by atoms with Gasteiger partial charge in [0, 0.05) is 11.6 Å². The predicted octanol–water partition coefficient (Wildman–Crippen LogP) is 3.61. The fourth-order valence-electron chi connectivity index (χ4n) is 1.41. The van der Waals surface area contributed by atoms with E-state index < -0.39 is 12.0 Å². The first-order valence-electron chi connectivity index (χ1n) is 5.73. The smallest absolute Gasteiger partial charge is 0.337 e. The molecule has 0 radical (unpaired) electrons. The van der Waals surface area contributed by atoms with Crippen LogP contribution in [0.3, 0.4) is 0 Å². The molecule has 0 spiro atoms. The van der Waals surface area contributed by atoms with Crippen molar-refractivity contribution in [2.24, 2.45) is 0 Å². The molecular weight excluding hydrogens is 291 g/mol. The maximum Gasteiger partial charge on any atom is 0.337 e. The van der Waals surface area contributed by atoms with E-state index in [2.05, 4.69) is 10.6 Å². The van der Waals surface area contributed by atoms with Crippen LogP contribution in [0.15, 0.2) is 12.1 Å². The summed E-state index contributed by atoms with van der Waals surface area (Å²) in [5.41, 5.74) is -0.115. The summed E-state index contributed by atoms with van der Waals surface area (Å²) in [5.74, 6) is -1.21. The van der Waals surface area contributed by atoms with Gasteiger partial charge < -0.3 is 15.7 Å². The van der Waals surface area contributed by atoms with Crippen molar-refractivity contribution in [2.45, 2.75) is 19.8 Å². The Kier molecular flexibility index (Phi) is 5.92. The van der Waals surface area contributed by atoms with Gasteiger partial charge in [-0.1, -0.05) is 36.5 Å². The van der Waals surface area contributed by atoms with Crippen LogP contribution in [0.2, 0.25) is 10.0 Å². The number of urea groups is 1. The zero-order valence-corrected chi connectivity index (χ0v) is 11.8. The SMILES string of the molecule is CCCCNC(=O)Nc1c(Cl)cc(Cl)cc1C(=O)O. The van der Waals surface area contributed by atoms with Crippen molar-refractivity contribution >= 4 is 40.9 Å². The predicted molar refractivity (Wildman–Crippen MR) is 75.4 cm³/mol. The molecule has 0 saturated heterocycles. The third-order valence-corrected chi connectivity index (χ3v) is 2.86. The number of halogens is 2. The van der Waals surface area contributed by atoms with E-state index >= 15 is 0 Å². The van der Waals surface area contributed by atoms with E-state index in [1.807, 2.05) is 6.92 Å². The van der Waals surface area contributed by atoms with E-state index in [0.29, 0.717) is 6.54 Å². The van der Waals surface area contributed by atoms with Gasteiger partial charge in [0.05, 0.1) is 16.3 Å². The highest BCUT2D eigenvalue weighted by atomic mass is 35.5. The summed E-state index contributed by atoms with van der Waals surface area (Å²) < 4.78 is 0. The summed E-state index contributed by atoms with van der Waals surface area (Å²) in [6.07, 6.45) is 1.79. The molecule has 0 bridgehead atoms. The monoisotopic (exact) mass is 304 g/mol. The Morgan fingerprint density at radius 1 is 1.32 bits per heavy atom. The maximum absolute atomic E-state index is 11.6. The molecule has 0 aliphatic rings. The normalized spacial score (nSPS) is 10.1. The van der Waals surface area contributed by atoms with Crippen LogP contribution < -0.4 is 10.6 Å². The minimum absolute atomic E-state index is 0.0348. The number of amides is 2. The Hall–Kier alpha value is -1.46. The van der Waals surface area contributed by atoms with Gasteiger partial charge in [-0.2, -0.15) is 0 Å². The van der Waals surface area contributed by atoms with Crippen LogP contribution in [0.25, 0.3) is 0 Å². The molecule has 1 rings (SSSR count). The number of carbonyl (C=O) groups excluding carboxylic acids is 1. The molecular formula is C12H14Cl2N2O3. The van der Waals surface area contributed by atoms with E-state index in [9.17, 15) is 9.59 Å². The highest BCUT2D eigenvalue weighted by Gasteiger charge is 2.17. The minimum Gasteiger partial charge on any atom is -0.478 e. The average molecular weight is 305 g/mol. The number of hydrogen-bond acceptors (Lipinski definition) is 2. The van der Waals surface area contributed by atoms with Crippen molar-refractivity contribution in [3.05, 3.63) is 27.7 Å². The molecule has 0 aliphatic heterocycles. The Morgan fingerprint density at radius 2 is 2.00 bits per heavy atom. The van der Waals surface area contributed by atoms with Gasteiger partial charge in [0.15, 0.2) is 0 Å². The summed E-state index contributed by atoms with van der Waals surface area (Å²) in [7, 11) is 0. The fourth-order valence-corrected chi connectivity index (χ4v) is 1.95. The Bertz CT molecular complexity index is 492. The van der Waals surface area contributed by atoms with Crippen LogP contribution in [0.1, 0.15) is 30.1 Å². The van der Waals surface area contributed by atoms with Gasteiger partial charge >= 0.3 is 12.0 Å². The summed E-state index contributed by atoms with van der Waals surface area (Å²) >= 11 is 11.6. The van der Waals surface area contributed by atoms with Crippen LogP contribution in [0.5, 0.6) is 0 Å². The van der Waals surface area contributed by atoms with Crippen LogP contribution in [0.4, 0.5) is 10.5 Å². The standard InChI is InChI=1S/C12H14Cl2N2O3/c1-2-3-4-15-12(19)16-10-8(11(17)18)5-7(13)6-9(10)14/h5-6H,2-4H2,1H3,(H,17,18)(H2,15,16,19). The average Bonchev–Trinajstić information content (AvgIpc) is 2.32. The molecule has 0 aliphatic carbocycles. The molecule has 2 amide bonds. The number of carboxylic acids is 1. The highest BCUT2D eigenvalue weighted by Crippen LogP contribution is 2.30. The van der Waals surface area contributed by atoms with E-state index in [0.717, 1.165) is 12.8 Å². The molecule has 0 atom stereocenters. The van der Waals surface area contributed by atoms with Crippen LogP contribution in [0, 0.1) is 0 Å². The summed E-state index contributed by atoms with van der Waals surface area (Å²) in [6, 6.07) is 2.11. The molecule has 19 heavy (non-hydrogen) atoms. The molecule has 0 heterocycles. The van der Waals surface area contributed by atoms with Gasteiger partial charge in [0.25, 0.3) is 0 Å². The lowest BCUT2D eigenvalue weighted by Crippen LogP contribution is -2.30. The molecule has 0 saturated carbocycles. The van der Waals surface area contributed by atoms with E-state index in [1.54, 1.807) is 0 Å². The third-order valence-electron chi connectivity index (χ3n) is 2.34. The van der Waals surface area contributed by atoms with Crippen molar-refractivity contribution in [3.8, 4) is 0 Å². The molecule has 104 valence electrons.